The van der Waals surface area contributed by atoms with Crippen molar-refractivity contribution in [2.75, 3.05) is 0 Å². The van der Waals surface area contributed by atoms with E-state index in [-0.39, 0.29) is 32.7 Å². The van der Waals surface area contributed by atoms with Crippen molar-refractivity contribution in [1.82, 2.24) is 0 Å². The molecule has 0 saturated carbocycles. The first-order valence-electron chi connectivity index (χ1n) is 3.27. The number of nitrogens with zero attached hydrogens (tertiary/aromatic N) is 1. The van der Waals surface area contributed by atoms with Gasteiger partial charge < -0.3 is 0 Å². The summed E-state index contributed by atoms with van der Waals surface area (Å²) in [5.74, 6) is 0. The van der Waals surface area contributed by atoms with Crippen LogP contribution in [0, 0.1) is 0 Å². The second-order valence-corrected chi connectivity index (χ2v) is 2.23. The Hall–Kier alpha value is 0.254. The largest absolute Gasteiger partial charge is 0.208 e. The van der Waals surface area contributed by atoms with Crippen LogP contribution in [0.4, 0.5) is 0 Å². The van der Waals surface area contributed by atoms with Crippen molar-refractivity contribution >= 4 is 0 Å². The Morgan fingerprint density at radius 3 is 2.20 bits per heavy atom. The summed E-state index contributed by atoms with van der Waals surface area (Å²) >= 11 is 0. The Kier molecular flexibility index (Phi) is 5.10. The second kappa shape index (κ2) is 4.98. The average Bonchev–Trinajstić information content (AvgIpc) is 1.90. The van der Waals surface area contributed by atoms with E-state index in [1.54, 1.807) is 0 Å². The number of hydrogen-bond donors (Lipinski definition) is 0. The van der Waals surface area contributed by atoms with E-state index in [0.29, 0.717) is 0 Å². The van der Waals surface area contributed by atoms with Crippen molar-refractivity contribution < 1.29 is 37.3 Å². The minimum Gasteiger partial charge on any atom is -0.208 e. The van der Waals surface area contributed by atoms with Crippen LogP contribution in [0.1, 0.15) is 12.5 Å². The summed E-state index contributed by atoms with van der Waals surface area (Å²) < 4.78 is 2.04. The Labute approximate surface area is 87.3 Å². The van der Waals surface area contributed by atoms with Gasteiger partial charge in [0, 0.05) is 44.8 Å². The van der Waals surface area contributed by atoms with Crippen LogP contribution in [-0.2, 0) is 46.2 Å². The molecule has 1 aromatic rings. The molecule has 0 amide bonds. The first kappa shape index (κ1) is 10.3. The van der Waals surface area contributed by atoms with Gasteiger partial charge in [0.2, 0.25) is 0 Å². The molecule has 0 aromatic carbocycles. The van der Waals surface area contributed by atoms with Gasteiger partial charge in [0.1, 0.15) is 7.05 Å². The molecule has 0 aliphatic carbocycles. The van der Waals surface area contributed by atoms with Crippen LogP contribution in [0.5, 0.6) is 0 Å². The van der Waals surface area contributed by atoms with Crippen LogP contribution in [-0.4, -0.2) is 0 Å². The zero-order valence-corrected chi connectivity index (χ0v) is 9.38. The molecule has 1 nitrogen and oxygen atoms in total. The molecule has 0 spiro atoms. The monoisotopic (exact) mass is 211 g/mol. The normalized spacial score (nSPS) is 8.60. The summed E-state index contributed by atoms with van der Waals surface area (Å²) in [5, 5.41) is 0. The summed E-state index contributed by atoms with van der Waals surface area (Å²) in [7, 11) is 2.03. The van der Waals surface area contributed by atoms with E-state index in [2.05, 4.69) is 31.5 Å². The molecule has 0 fully saturated rings. The van der Waals surface area contributed by atoms with Crippen LogP contribution < -0.4 is 4.57 Å². The van der Waals surface area contributed by atoms with E-state index in [0.717, 1.165) is 6.42 Å². The average molecular weight is 211 g/mol. The third kappa shape index (κ3) is 2.89. The van der Waals surface area contributed by atoms with E-state index < -0.39 is 0 Å². The van der Waals surface area contributed by atoms with Gasteiger partial charge in [0.15, 0.2) is 12.4 Å². The molecule has 0 aliphatic heterocycles. The van der Waals surface area contributed by atoms with Gasteiger partial charge in [0.05, 0.1) is 0 Å². The second-order valence-electron chi connectivity index (χ2n) is 2.23. The molecule has 2 heteroatoms. The van der Waals surface area contributed by atoms with Crippen LogP contribution in [0.15, 0.2) is 24.5 Å². The van der Waals surface area contributed by atoms with Crippen LogP contribution in [0.2, 0.25) is 0 Å². The predicted octanol–water partition coefficient (Wildman–Crippen LogP) is 1.07. The molecular weight excluding hydrogens is 199 g/mol. The van der Waals surface area contributed by atoms with Gasteiger partial charge in [-0.3, -0.25) is 0 Å². The summed E-state index contributed by atoms with van der Waals surface area (Å²) in [4.78, 5) is 0. The van der Waals surface area contributed by atoms with Gasteiger partial charge >= 0.3 is 0 Å². The summed E-state index contributed by atoms with van der Waals surface area (Å²) in [6, 6.07) is 4.28. The van der Waals surface area contributed by atoms with Crippen molar-refractivity contribution in [3.63, 3.8) is 0 Å². The first-order valence-corrected chi connectivity index (χ1v) is 3.27. The Morgan fingerprint density at radius 2 is 1.80 bits per heavy atom. The number of pyridine rings is 1. The zero-order valence-electron chi connectivity index (χ0n) is 6.54. The summed E-state index contributed by atoms with van der Waals surface area (Å²) in [5.41, 5.74) is 1.40. The minimum atomic E-state index is 0. The predicted molar refractivity (Wildman–Crippen MR) is 37.0 cm³/mol. The quantitative estimate of drug-likeness (QED) is 0.612. The molecule has 0 saturated heterocycles. The molecule has 10 heavy (non-hydrogen) atoms. The van der Waals surface area contributed by atoms with Gasteiger partial charge in [-0.25, -0.2) is 4.57 Å². The zero-order chi connectivity index (χ0) is 6.69. The fourth-order valence-electron chi connectivity index (χ4n) is 0.768. The smallest absolute Gasteiger partial charge is 0.168 e. The van der Waals surface area contributed by atoms with Crippen LogP contribution in [0.25, 0.3) is 0 Å². The number of rotatable bonds is 1. The van der Waals surface area contributed by atoms with Crippen molar-refractivity contribution in [2.45, 2.75) is 13.3 Å². The molecule has 0 aliphatic rings. The van der Waals surface area contributed by atoms with Gasteiger partial charge in [-0.05, 0) is 12.0 Å². The molecule has 0 bridgehead atoms. The summed E-state index contributed by atoms with van der Waals surface area (Å²) in [6.45, 7) is 2.16. The van der Waals surface area contributed by atoms with Gasteiger partial charge in [-0.2, -0.15) is 0 Å². The first-order chi connectivity index (χ1) is 4.33. The molecule has 0 unspecified atom stereocenters. The maximum atomic E-state index is 2.16. The van der Waals surface area contributed by atoms with E-state index in [9.17, 15) is 0 Å². The molecule has 1 radical (unpaired) electrons. The minimum absolute atomic E-state index is 0. The van der Waals surface area contributed by atoms with Crippen molar-refractivity contribution in [3.05, 3.63) is 30.1 Å². The number of aryl methyl sites for hydroxylation is 2. The standard InChI is InChI=1S/C8H12N.Y/c1-3-8-4-6-9(2)7-5-8;/h4-7H,3H2,1-2H3;/q+1;. The molecule has 1 heterocycles. The Morgan fingerprint density at radius 1 is 1.30 bits per heavy atom. The Bertz CT molecular complexity index is 181. The van der Waals surface area contributed by atoms with Gasteiger partial charge in [0.25, 0.3) is 0 Å². The van der Waals surface area contributed by atoms with E-state index in [1.807, 2.05) is 11.6 Å². The van der Waals surface area contributed by atoms with E-state index in [1.165, 1.54) is 5.56 Å². The fraction of sp³-hybridized carbons (Fsp3) is 0.375. The third-order valence-electron chi connectivity index (χ3n) is 1.46. The molecular formula is C8H12NY+. The summed E-state index contributed by atoms with van der Waals surface area (Å²) in [6.07, 6.45) is 5.26. The van der Waals surface area contributed by atoms with Crippen LogP contribution in [0.3, 0.4) is 0 Å². The molecule has 1 aromatic heterocycles. The maximum absolute atomic E-state index is 2.16. The molecule has 1 rings (SSSR count). The molecule has 51 valence electrons. The number of aromatic nitrogens is 1. The maximum Gasteiger partial charge on any atom is 0.168 e. The fourth-order valence-corrected chi connectivity index (χ4v) is 0.768. The molecule has 0 N–H and O–H groups in total. The molecule has 0 atom stereocenters. The van der Waals surface area contributed by atoms with Crippen LogP contribution >= 0.6 is 0 Å². The Balaban J connectivity index is 0.000000810. The van der Waals surface area contributed by atoms with Crippen molar-refractivity contribution in [2.24, 2.45) is 7.05 Å². The van der Waals surface area contributed by atoms with E-state index in [4.69, 9.17) is 0 Å². The van der Waals surface area contributed by atoms with E-state index >= 15 is 0 Å². The number of hydrogen-bond acceptors (Lipinski definition) is 0. The topological polar surface area (TPSA) is 3.88 Å². The van der Waals surface area contributed by atoms with Crippen molar-refractivity contribution in [3.8, 4) is 0 Å². The third-order valence-corrected chi connectivity index (χ3v) is 1.46. The van der Waals surface area contributed by atoms with Gasteiger partial charge in [-0.15, -0.1) is 0 Å². The van der Waals surface area contributed by atoms with Gasteiger partial charge in [-0.1, -0.05) is 6.92 Å². The van der Waals surface area contributed by atoms with Crippen molar-refractivity contribution in [1.29, 1.82) is 0 Å². The SMILES string of the molecule is CCc1cc[n+](C)cc1.[Y].